The van der Waals surface area contributed by atoms with Crippen LogP contribution in [-0.4, -0.2) is 24.2 Å². The highest BCUT2D eigenvalue weighted by molar-refractivity contribution is 14.1. The molecule has 1 aromatic carbocycles. The number of carbonyl (C=O) groups is 1. The average molecular weight is 392 g/mol. The van der Waals surface area contributed by atoms with Gasteiger partial charge >= 0.3 is 0 Å². The first-order chi connectivity index (χ1) is 8.97. The van der Waals surface area contributed by atoms with Gasteiger partial charge in [0.2, 0.25) is 0 Å². The summed E-state index contributed by atoms with van der Waals surface area (Å²) in [5, 5.41) is 6.06. The number of carbonyl (C=O) groups excluding carboxylic acids is 1. The maximum absolute atomic E-state index is 12.0. The summed E-state index contributed by atoms with van der Waals surface area (Å²) in [6.45, 7) is 4.06. The summed E-state index contributed by atoms with van der Waals surface area (Å²) in [4.78, 5) is 12.0. The first-order valence-electron chi connectivity index (χ1n) is 5.93. The van der Waals surface area contributed by atoms with E-state index in [-0.39, 0.29) is 11.9 Å². The number of thiocarbonyl (C=S) groups is 1. The second kappa shape index (κ2) is 7.64. The molecule has 2 N–H and O–H groups in total. The van der Waals surface area contributed by atoms with Crippen LogP contribution in [0.1, 0.15) is 30.6 Å². The zero-order valence-corrected chi connectivity index (χ0v) is 14.1. The minimum Gasteiger partial charge on any atom is -0.496 e. The minimum absolute atomic E-state index is 0.221. The smallest absolute Gasteiger partial charge is 0.257 e. The molecule has 1 rings (SSSR count). The third-order valence-corrected chi connectivity index (χ3v) is 3.69. The lowest BCUT2D eigenvalue weighted by molar-refractivity contribution is 0.0976. The van der Waals surface area contributed by atoms with Crippen molar-refractivity contribution in [2.45, 2.75) is 26.3 Å². The molecule has 0 radical (unpaired) electrons. The number of benzene rings is 1. The van der Waals surface area contributed by atoms with Crippen molar-refractivity contribution < 1.29 is 9.53 Å². The number of amides is 1. The van der Waals surface area contributed by atoms with Gasteiger partial charge in [0, 0.05) is 11.6 Å². The normalized spacial score (nSPS) is 11.6. The quantitative estimate of drug-likeness (QED) is 0.611. The van der Waals surface area contributed by atoms with Gasteiger partial charge in [-0.05, 0) is 66.4 Å². The molecule has 0 fully saturated rings. The Hall–Kier alpha value is -0.890. The topological polar surface area (TPSA) is 50.4 Å². The Kier molecular flexibility index (Phi) is 6.50. The maximum atomic E-state index is 12.0. The van der Waals surface area contributed by atoms with Crippen LogP contribution in [0, 0.1) is 3.57 Å². The van der Waals surface area contributed by atoms with Crippen molar-refractivity contribution >= 4 is 45.8 Å². The summed E-state index contributed by atoms with van der Waals surface area (Å²) < 4.78 is 6.03. The van der Waals surface area contributed by atoms with Crippen molar-refractivity contribution in [2.24, 2.45) is 0 Å². The van der Waals surface area contributed by atoms with Gasteiger partial charge in [0.15, 0.2) is 5.11 Å². The number of ether oxygens (including phenoxy) is 1. The lowest BCUT2D eigenvalue weighted by atomic mass is 10.2. The highest BCUT2D eigenvalue weighted by atomic mass is 127. The van der Waals surface area contributed by atoms with Crippen molar-refractivity contribution in [2.75, 3.05) is 7.11 Å². The molecule has 19 heavy (non-hydrogen) atoms. The molecule has 0 saturated heterocycles. The summed E-state index contributed by atoms with van der Waals surface area (Å²) in [6, 6.07) is 5.48. The number of nitrogens with one attached hydrogen (secondary N) is 2. The summed E-state index contributed by atoms with van der Waals surface area (Å²) >= 11 is 7.21. The first kappa shape index (κ1) is 16.2. The molecule has 6 heteroatoms. The van der Waals surface area contributed by atoms with Crippen molar-refractivity contribution in [1.82, 2.24) is 10.6 Å². The third kappa shape index (κ3) is 4.94. The lowest BCUT2D eigenvalue weighted by Gasteiger charge is -2.14. The molecular weight excluding hydrogens is 375 g/mol. The fraction of sp³-hybridized carbons (Fsp3) is 0.385. The Morgan fingerprint density at radius 2 is 2.21 bits per heavy atom. The molecule has 0 aliphatic carbocycles. The fourth-order valence-corrected chi connectivity index (χ4v) is 2.37. The van der Waals surface area contributed by atoms with Crippen LogP contribution in [-0.2, 0) is 0 Å². The summed E-state index contributed by atoms with van der Waals surface area (Å²) in [7, 11) is 1.60. The van der Waals surface area contributed by atoms with Crippen molar-refractivity contribution in [3.05, 3.63) is 27.3 Å². The van der Waals surface area contributed by atoms with E-state index >= 15 is 0 Å². The minimum atomic E-state index is -0.221. The van der Waals surface area contributed by atoms with E-state index in [1.54, 1.807) is 25.3 Å². The van der Waals surface area contributed by atoms with Crippen LogP contribution in [0.15, 0.2) is 18.2 Å². The molecule has 1 aromatic rings. The van der Waals surface area contributed by atoms with Crippen LogP contribution >= 0.6 is 34.8 Å². The molecule has 0 aromatic heterocycles. The van der Waals surface area contributed by atoms with Gasteiger partial charge in [0.05, 0.1) is 10.7 Å². The van der Waals surface area contributed by atoms with Crippen LogP contribution in [0.2, 0.25) is 0 Å². The molecule has 0 spiro atoms. The zero-order chi connectivity index (χ0) is 14.4. The molecule has 1 amide bonds. The third-order valence-electron chi connectivity index (χ3n) is 2.63. The van der Waals surface area contributed by atoms with Gasteiger partial charge in [-0.3, -0.25) is 10.1 Å². The van der Waals surface area contributed by atoms with Gasteiger partial charge in [0.25, 0.3) is 5.91 Å². The number of rotatable bonds is 4. The highest BCUT2D eigenvalue weighted by Crippen LogP contribution is 2.21. The number of methoxy groups -OCH3 is 1. The van der Waals surface area contributed by atoms with Crippen LogP contribution in [0.5, 0.6) is 5.75 Å². The van der Waals surface area contributed by atoms with E-state index in [0.717, 1.165) is 15.7 Å². The van der Waals surface area contributed by atoms with E-state index in [1.165, 1.54) is 0 Å². The lowest BCUT2D eigenvalue weighted by Crippen LogP contribution is -2.43. The molecule has 0 aliphatic rings. The van der Waals surface area contributed by atoms with Crippen molar-refractivity contribution in [3.63, 3.8) is 0 Å². The van der Waals surface area contributed by atoms with E-state index in [0.29, 0.717) is 10.7 Å². The van der Waals surface area contributed by atoms with Gasteiger partial charge in [0.1, 0.15) is 5.75 Å². The van der Waals surface area contributed by atoms with E-state index in [2.05, 4.69) is 33.2 Å². The maximum Gasteiger partial charge on any atom is 0.257 e. The molecular formula is C13H17IN2O2S. The van der Waals surface area contributed by atoms with Gasteiger partial charge in [-0.25, -0.2) is 0 Å². The Labute approximate surface area is 132 Å². The average Bonchev–Trinajstić information content (AvgIpc) is 2.38. The predicted octanol–water partition coefficient (Wildman–Crippen LogP) is 2.70. The van der Waals surface area contributed by atoms with Gasteiger partial charge in [-0.15, -0.1) is 0 Å². The molecule has 1 unspecified atom stereocenters. The standard InChI is InChI=1S/C13H17IN2O2S/c1-4-8(2)15-13(19)16-12(17)9-5-6-11(18-3)10(14)7-9/h5-8H,4H2,1-3H3,(H2,15,16,17,19). The Balaban J connectivity index is 2.68. The summed E-state index contributed by atoms with van der Waals surface area (Å²) in [5.41, 5.74) is 0.554. The SMILES string of the molecule is CCC(C)NC(=S)NC(=O)c1ccc(OC)c(I)c1. The van der Waals surface area contributed by atoms with Gasteiger partial charge in [-0.2, -0.15) is 0 Å². The molecule has 0 heterocycles. The van der Waals surface area contributed by atoms with Crippen LogP contribution < -0.4 is 15.4 Å². The largest absolute Gasteiger partial charge is 0.496 e. The Bertz CT molecular complexity index is 480. The monoisotopic (exact) mass is 392 g/mol. The van der Waals surface area contributed by atoms with E-state index in [9.17, 15) is 4.79 Å². The van der Waals surface area contributed by atoms with Gasteiger partial charge in [-0.1, -0.05) is 6.92 Å². The van der Waals surface area contributed by atoms with E-state index in [4.69, 9.17) is 17.0 Å². The fourth-order valence-electron chi connectivity index (χ4n) is 1.34. The predicted molar refractivity (Wildman–Crippen MR) is 88.7 cm³/mol. The second-order valence-corrected chi connectivity index (χ2v) is 5.66. The molecule has 104 valence electrons. The van der Waals surface area contributed by atoms with E-state index < -0.39 is 0 Å². The highest BCUT2D eigenvalue weighted by Gasteiger charge is 2.11. The molecule has 0 saturated carbocycles. The molecule has 4 nitrogen and oxygen atoms in total. The summed E-state index contributed by atoms with van der Waals surface area (Å²) in [5.74, 6) is 0.527. The molecule has 1 atom stereocenters. The number of hydrogen-bond donors (Lipinski definition) is 2. The van der Waals surface area contributed by atoms with E-state index in [1.807, 2.05) is 13.8 Å². The number of hydrogen-bond acceptors (Lipinski definition) is 3. The summed E-state index contributed by atoms with van der Waals surface area (Å²) in [6.07, 6.45) is 0.941. The van der Waals surface area contributed by atoms with Gasteiger partial charge < -0.3 is 10.1 Å². The zero-order valence-electron chi connectivity index (χ0n) is 11.1. The Morgan fingerprint density at radius 3 is 2.74 bits per heavy atom. The van der Waals surface area contributed by atoms with Crippen LogP contribution in [0.3, 0.4) is 0 Å². The number of halogens is 1. The molecule has 0 bridgehead atoms. The Morgan fingerprint density at radius 1 is 1.53 bits per heavy atom. The van der Waals surface area contributed by atoms with Crippen LogP contribution in [0.4, 0.5) is 0 Å². The van der Waals surface area contributed by atoms with Crippen molar-refractivity contribution in [1.29, 1.82) is 0 Å². The first-order valence-corrected chi connectivity index (χ1v) is 7.42. The van der Waals surface area contributed by atoms with Crippen molar-refractivity contribution in [3.8, 4) is 5.75 Å². The van der Waals surface area contributed by atoms with Crippen LogP contribution in [0.25, 0.3) is 0 Å². The molecule has 0 aliphatic heterocycles. The second-order valence-electron chi connectivity index (χ2n) is 4.09.